The SMILES string of the molecule is CC1(C(=O)O)CCCN1C(=O)NCC(N)=O. The van der Waals surface area contributed by atoms with Gasteiger partial charge in [-0.25, -0.2) is 9.59 Å². The van der Waals surface area contributed by atoms with Crippen LogP contribution in [0.25, 0.3) is 0 Å². The summed E-state index contributed by atoms with van der Waals surface area (Å²) in [5.41, 5.74) is 3.69. The fraction of sp³-hybridized carbons (Fsp3) is 0.667. The zero-order valence-electron chi connectivity index (χ0n) is 9.02. The quantitative estimate of drug-likeness (QED) is 0.583. The number of hydrogen-bond donors (Lipinski definition) is 3. The maximum Gasteiger partial charge on any atom is 0.329 e. The van der Waals surface area contributed by atoms with Crippen molar-refractivity contribution in [2.45, 2.75) is 25.3 Å². The molecule has 1 unspecified atom stereocenters. The van der Waals surface area contributed by atoms with Gasteiger partial charge in [0.05, 0.1) is 6.54 Å². The Hall–Kier alpha value is -1.79. The van der Waals surface area contributed by atoms with Crippen LogP contribution in [0.5, 0.6) is 0 Å². The van der Waals surface area contributed by atoms with Gasteiger partial charge in [-0.15, -0.1) is 0 Å². The van der Waals surface area contributed by atoms with E-state index in [0.717, 1.165) is 0 Å². The van der Waals surface area contributed by atoms with Gasteiger partial charge >= 0.3 is 12.0 Å². The zero-order valence-corrected chi connectivity index (χ0v) is 9.02. The highest BCUT2D eigenvalue weighted by molar-refractivity contribution is 5.88. The summed E-state index contributed by atoms with van der Waals surface area (Å²) in [5.74, 6) is -1.70. The Morgan fingerprint density at radius 1 is 1.50 bits per heavy atom. The van der Waals surface area contributed by atoms with Gasteiger partial charge in [0.15, 0.2) is 0 Å². The lowest BCUT2D eigenvalue weighted by molar-refractivity contribution is -0.147. The first kappa shape index (κ1) is 12.3. The molecule has 90 valence electrons. The molecule has 0 spiro atoms. The van der Waals surface area contributed by atoms with Crippen LogP contribution in [-0.4, -0.2) is 46.5 Å². The Bertz CT molecular complexity index is 331. The fourth-order valence-electron chi connectivity index (χ4n) is 1.77. The van der Waals surface area contributed by atoms with E-state index in [1.165, 1.54) is 11.8 Å². The highest BCUT2D eigenvalue weighted by Crippen LogP contribution is 2.28. The fourth-order valence-corrected chi connectivity index (χ4v) is 1.77. The summed E-state index contributed by atoms with van der Waals surface area (Å²) >= 11 is 0. The average molecular weight is 229 g/mol. The highest BCUT2D eigenvalue weighted by atomic mass is 16.4. The number of urea groups is 1. The second-order valence-electron chi connectivity index (χ2n) is 3.96. The third-order valence-corrected chi connectivity index (χ3v) is 2.76. The number of carbonyl (C=O) groups excluding carboxylic acids is 2. The van der Waals surface area contributed by atoms with Crippen molar-refractivity contribution in [2.24, 2.45) is 5.73 Å². The lowest BCUT2D eigenvalue weighted by atomic mass is 10.00. The highest BCUT2D eigenvalue weighted by Gasteiger charge is 2.45. The van der Waals surface area contributed by atoms with Crippen LogP contribution in [-0.2, 0) is 9.59 Å². The number of carboxylic acid groups (broad SMARTS) is 1. The minimum atomic E-state index is -1.19. The van der Waals surface area contributed by atoms with E-state index in [-0.39, 0.29) is 6.54 Å². The Balaban J connectivity index is 2.68. The van der Waals surface area contributed by atoms with E-state index in [1.807, 2.05) is 0 Å². The average Bonchev–Trinajstić information content (AvgIpc) is 2.58. The van der Waals surface area contributed by atoms with Crippen LogP contribution >= 0.6 is 0 Å². The standard InChI is InChI=1S/C9H15N3O4/c1-9(7(14)15)3-2-4-12(9)8(16)11-5-6(10)13/h2-5H2,1H3,(H2,10,13)(H,11,16)(H,14,15). The van der Waals surface area contributed by atoms with E-state index >= 15 is 0 Å². The molecule has 16 heavy (non-hydrogen) atoms. The molecule has 1 rings (SSSR count). The number of nitrogens with two attached hydrogens (primary N) is 1. The number of carbonyl (C=O) groups is 3. The molecule has 7 heteroatoms. The number of hydrogen-bond acceptors (Lipinski definition) is 3. The molecule has 1 heterocycles. The second-order valence-corrected chi connectivity index (χ2v) is 3.96. The molecule has 0 aromatic rings. The third-order valence-electron chi connectivity index (χ3n) is 2.76. The molecule has 3 amide bonds. The predicted molar refractivity (Wildman–Crippen MR) is 54.6 cm³/mol. The summed E-state index contributed by atoms with van der Waals surface area (Å²) in [6.07, 6.45) is 1.04. The van der Waals surface area contributed by atoms with Crippen molar-refractivity contribution in [3.8, 4) is 0 Å². The summed E-state index contributed by atoms with van der Waals surface area (Å²) in [5, 5.41) is 11.3. The topological polar surface area (TPSA) is 113 Å². The Morgan fingerprint density at radius 3 is 2.62 bits per heavy atom. The molecule has 4 N–H and O–H groups in total. The van der Waals surface area contributed by atoms with Crippen molar-refractivity contribution in [3.05, 3.63) is 0 Å². The van der Waals surface area contributed by atoms with Crippen LogP contribution in [0.15, 0.2) is 0 Å². The first-order valence-corrected chi connectivity index (χ1v) is 4.95. The van der Waals surface area contributed by atoms with Crippen LogP contribution in [0.1, 0.15) is 19.8 Å². The lowest BCUT2D eigenvalue weighted by Crippen LogP contribution is -2.54. The number of rotatable bonds is 3. The molecule has 0 aromatic heterocycles. The maximum atomic E-state index is 11.6. The number of primary amides is 1. The summed E-state index contributed by atoms with van der Waals surface area (Å²) in [6, 6.07) is -0.568. The molecule has 0 aromatic carbocycles. The Morgan fingerprint density at radius 2 is 2.12 bits per heavy atom. The third kappa shape index (κ3) is 2.23. The van der Waals surface area contributed by atoms with Crippen molar-refractivity contribution >= 4 is 17.9 Å². The van der Waals surface area contributed by atoms with Crippen LogP contribution < -0.4 is 11.1 Å². The van der Waals surface area contributed by atoms with E-state index in [4.69, 9.17) is 10.8 Å². The Labute approximate surface area is 92.6 Å². The van der Waals surface area contributed by atoms with E-state index in [2.05, 4.69) is 5.32 Å². The van der Waals surface area contributed by atoms with Crippen LogP contribution in [0.3, 0.4) is 0 Å². The number of nitrogens with zero attached hydrogens (tertiary/aromatic N) is 1. The lowest BCUT2D eigenvalue weighted by Gasteiger charge is -2.30. The summed E-state index contributed by atoms with van der Waals surface area (Å²) in [4.78, 5) is 34.4. The monoisotopic (exact) mass is 229 g/mol. The smallest absolute Gasteiger partial charge is 0.329 e. The molecule has 0 radical (unpaired) electrons. The van der Waals surface area contributed by atoms with Crippen molar-refractivity contribution in [2.75, 3.05) is 13.1 Å². The number of likely N-dealkylation sites (tertiary alicyclic amines) is 1. The van der Waals surface area contributed by atoms with Crippen molar-refractivity contribution in [1.82, 2.24) is 10.2 Å². The van der Waals surface area contributed by atoms with Crippen molar-refractivity contribution < 1.29 is 19.5 Å². The molecule has 0 bridgehead atoms. The van der Waals surface area contributed by atoms with Crippen LogP contribution in [0.4, 0.5) is 4.79 Å². The zero-order chi connectivity index (χ0) is 12.3. The van der Waals surface area contributed by atoms with E-state index in [1.54, 1.807) is 0 Å². The molecule has 0 aliphatic carbocycles. The minimum Gasteiger partial charge on any atom is -0.480 e. The van der Waals surface area contributed by atoms with Gasteiger partial charge in [-0.05, 0) is 19.8 Å². The molecular weight excluding hydrogens is 214 g/mol. The number of aliphatic carboxylic acids is 1. The van der Waals surface area contributed by atoms with Gasteiger partial charge in [0.2, 0.25) is 5.91 Å². The van der Waals surface area contributed by atoms with Gasteiger partial charge in [0.1, 0.15) is 5.54 Å². The van der Waals surface area contributed by atoms with Crippen LogP contribution in [0.2, 0.25) is 0 Å². The molecule has 1 aliphatic rings. The summed E-state index contributed by atoms with van der Waals surface area (Å²) in [6.45, 7) is 1.57. The van der Waals surface area contributed by atoms with Gasteiger partial charge in [-0.2, -0.15) is 0 Å². The van der Waals surface area contributed by atoms with E-state index in [9.17, 15) is 14.4 Å². The second kappa shape index (κ2) is 4.38. The van der Waals surface area contributed by atoms with E-state index < -0.39 is 23.4 Å². The molecule has 1 atom stereocenters. The maximum absolute atomic E-state index is 11.6. The summed E-state index contributed by atoms with van der Waals surface area (Å²) in [7, 11) is 0. The predicted octanol–water partition coefficient (Wildman–Crippen LogP) is -0.880. The number of amides is 3. The van der Waals surface area contributed by atoms with Crippen LogP contribution in [0, 0.1) is 0 Å². The normalized spacial score (nSPS) is 24.2. The van der Waals surface area contributed by atoms with Gasteiger partial charge in [0, 0.05) is 6.54 Å². The summed E-state index contributed by atoms with van der Waals surface area (Å²) < 4.78 is 0. The molecule has 1 saturated heterocycles. The van der Waals surface area contributed by atoms with Gasteiger partial charge in [-0.3, -0.25) is 4.79 Å². The van der Waals surface area contributed by atoms with Gasteiger partial charge < -0.3 is 21.1 Å². The minimum absolute atomic E-state index is 0.287. The largest absolute Gasteiger partial charge is 0.480 e. The number of nitrogens with one attached hydrogen (secondary N) is 1. The van der Waals surface area contributed by atoms with Gasteiger partial charge in [0.25, 0.3) is 0 Å². The Kier molecular flexibility index (Phi) is 3.36. The van der Waals surface area contributed by atoms with E-state index in [0.29, 0.717) is 19.4 Å². The van der Waals surface area contributed by atoms with Crippen molar-refractivity contribution in [3.63, 3.8) is 0 Å². The first-order chi connectivity index (χ1) is 7.38. The molecule has 0 saturated carbocycles. The molecule has 7 nitrogen and oxygen atoms in total. The first-order valence-electron chi connectivity index (χ1n) is 4.95. The number of carboxylic acids is 1. The van der Waals surface area contributed by atoms with Crippen molar-refractivity contribution in [1.29, 1.82) is 0 Å². The molecular formula is C9H15N3O4. The molecule has 1 aliphatic heterocycles. The van der Waals surface area contributed by atoms with Gasteiger partial charge in [-0.1, -0.05) is 0 Å². The molecule has 1 fully saturated rings.